The van der Waals surface area contributed by atoms with Crippen LogP contribution in [-0.2, 0) is 10.2 Å². The van der Waals surface area contributed by atoms with Crippen LogP contribution in [0.1, 0.15) is 44.6 Å². The smallest absolute Gasteiger partial charge is 0.228 e. The van der Waals surface area contributed by atoms with Gasteiger partial charge in [-0.05, 0) is 48.2 Å². The summed E-state index contributed by atoms with van der Waals surface area (Å²) in [5.41, 5.74) is 3.00. The minimum absolute atomic E-state index is 0.0155. The van der Waals surface area contributed by atoms with Gasteiger partial charge in [-0.15, -0.1) is 0 Å². The van der Waals surface area contributed by atoms with Crippen LogP contribution >= 0.6 is 0 Å². The van der Waals surface area contributed by atoms with Crippen LogP contribution in [0.4, 0.5) is 10.1 Å². The summed E-state index contributed by atoms with van der Waals surface area (Å²) in [4.78, 5) is 17.0. The van der Waals surface area contributed by atoms with Gasteiger partial charge >= 0.3 is 0 Å². The number of rotatable bonds is 3. The molecule has 1 saturated carbocycles. The quantitative estimate of drug-likeness (QED) is 0.721. The van der Waals surface area contributed by atoms with Gasteiger partial charge in [0, 0.05) is 17.0 Å². The number of oxazole rings is 1. The summed E-state index contributed by atoms with van der Waals surface area (Å²) in [5.74, 6) is 0.496. The highest BCUT2D eigenvalue weighted by atomic mass is 19.1. The number of fused-ring (bicyclic) bond motifs is 1. The monoisotopic (exact) mass is 352 g/mol. The van der Waals surface area contributed by atoms with Crippen molar-refractivity contribution >= 4 is 22.7 Å². The first-order valence-electron chi connectivity index (χ1n) is 8.79. The number of amides is 1. The third-order valence-corrected chi connectivity index (χ3v) is 4.72. The molecule has 2 atom stereocenters. The van der Waals surface area contributed by atoms with Crippen molar-refractivity contribution in [3.8, 4) is 0 Å². The molecule has 5 heteroatoms. The van der Waals surface area contributed by atoms with E-state index in [1.165, 1.54) is 12.1 Å². The molecule has 1 heterocycles. The summed E-state index contributed by atoms with van der Waals surface area (Å²) in [6.07, 6.45) is 0.790. The highest BCUT2D eigenvalue weighted by Gasteiger charge is 2.43. The van der Waals surface area contributed by atoms with Crippen molar-refractivity contribution in [2.75, 3.05) is 5.32 Å². The number of hydrogen-bond donors (Lipinski definition) is 1. The number of hydrogen-bond acceptors (Lipinski definition) is 3. The Balaban J connectivity index is 1.47. The summed E-state index contributed by atoms with van der Waals surface area (Å²) in [6.45, 7) is 6.13. The molecular weight excluding hydrogens is 331 g/mol. The zero-order valence-electron chi connectivity index (χ0n) is 15.0. The van der Waals surface area contributed by atoms with E-state index in [1.807, 2.05) is 39.0 Å². The largest absolute Gasteiger partial charge is 0.440 e. The lowest BCUT2D eigenvalue weighted by atomic mass is 9.97. The lowest BCUT2D eigenvalue weighted by Gasteiger charge is -2.11. The molecule has 1 aliphatic carbocycles. The first-order chi connectivity index (χ1) is 12.3. The van der Waals surface area contributed by atoms with E-state index in [0.29, 0.717) is 17.2 Å². The van der Waals surface area contributed by atoms with Crippen LogP contribution in [0, 0.1) is 11.7 Å². The molecule has 0 spiro atoms. The van der Waals surface area contributed by atoms with Crippen molar-refractivity contribution < 1.29 is 13.6 Å². The summed E-state index contributed by atoms with van der Waals surface area (Å²) < 4.78 is 18.8. The van der Waals surface area contributed by atoms with E-state index >= 15 is 0 Å². The van der Waals surface area contributed by atoms with E-state index in [9.17, 15) is 9.18 Å². The van der Waals surface area contributed by atoms with Crippen LogP contribution < -0.4 is 5.32 Å². The van der Waals surface area contributed by atoms with E-state index in [1.54, 1.807) is 12.1 Å². The molecule has 1 aliphatic rings. The Bertz CT molecular complexity index is 970. The maximum Gasteiger partial charge on any atom is 0.228 e. The Morgan fingerprint density at radius 2 is 1.92 bits per heavy atom. The third-order valence-electron chi connectivity index (χ3n) is 4.72. The minimum Gasteiger partial charge on any atom is -0.440 e. The number of benzene rings is 2. The standard InChI is InChI=1S/C21H21FN2O2/c1-21(2,3)20-24-17-10-14(8-9-18(17)26-20)23-19(25)16-11-15(16)12-4-6-13(22)7-5-12/h4-10,15-16H,11H2,1-3H3,(H,23,25). The fourth-order valence-electron chi connectivity index (χ4n) is 3.12. The Morgan fingerprint density at radius 3 is 2.62 bits per heavy atom. The minimum atomic E-state index is -0.258. The van der Waals surface area contributed by atoms with Gasteiger partial charge in [-0.1, -0.05) is 32.9 Å². The van der Waals surface area contributed by atoms with E-state index in [-0.39, 0.29) is 29.0 Å². The van der Waals surface area contributed by atoms with Crippen molar-refractivity contribution in [3.63, 3.8) is 0 Å². The molecule has 1 amide bonds. The van der Waals surface area contributed by atoms with Crippen molar-refractivity contribution in [1.29, 1.82) is 0 Å². The zero-order valence-corrected chi connectivity index (χ0v) is 15.0. The first kappa shape index (κ1) is 16.8. The molecule has 4 nitrogen and oxygen atoms in total. The van der Waals surface area contributed by atoms with Gasteiger partial charge in [0.25, 0.3) is 0 Å². The summed E-state index contributed by atoms with van der Waals surface area (Å²) in [5, 5.41) is 2.96. The van der Waals surface area contributed by atoms with Gasteiger partial charge in [0.1, 0.15) is 11.3 Å². The Kier molecular flexibility index (Phi) is 3.83. The average molecular weight is 352 g/mol. The van der Waals surface area contributed by atoms with Crippen molar-refractivity contribution in [2.45, 2.75) is 38.5 Å². The molecule has 4 rings (SSSR count). The molecule has 1 N–H and O–H groups in total. The second-order valence-electron chi connectivity index (χ2n) is 7.94. The molecule has 0 bridgehead atoms. The van der Waals surface area contributed by atoms with Gasteiger partial charge in [0.15, 0.2) is 5.58 Å². The predicted octanol–water partition coefficient (Wildman–Crippen LogP) is 5.01. The van der Waals surface area contributed by atoms with Crippen LogP contribution in [0.5, 0.6) is 0 Å². The van der Waals surface area contributed by atoms with Crippen molar-refractivity contribution in [3.05, 3.63) is 59.7 Å². The fraction of sp³-hybridized carbons (Fsp3) is 0.333. The van der Waals surface area contributed by atoms with Gasteiger partial charge in [-0.25, -0.2) is 9.37 Å². The average Bonchev–Trinajstić information content (AvgIpc) is 3.26. The molecule has 0 aliphatic heterocycles. The number of nitrogens with one attached hydrogen (secondary N) is 1. The predicted molar refractivity (Wildman–Crippen MR) is 98.6 cm³/mol. The van der Waals surface area contributed by atoms with Crippen LogP contribution in [0.25, 0.3) is 11.1 Å². The topological polar surface area (TPSA) is 55.1 Å². The number of aromatic nitrogens is 1. The maximum absolute atomic E-state index is 13.0. The van der Waals surface area contributed by atoms with Crippen LogP contribution in [-0.4, -0.2) is 10.9 Å². The summed E-state index contributed by atoms with van der Waals surface area (Å²) in [7, 11) is 0. The van der Waals surface area contributed by atoms with Crippen LogP contribution in [0.3, 0.4) is 0 Å². The SMILES string of the molecule is CC(C)(C)c1nc2cc(NC(=O)C3CC3c3ccc(F)cc3)ccc2o1. The molecule has 0 radical (unpaired) electrons. The zero-order chi connectivity index (χ0) is 18.5. The van der Waals surface area contributed by atoms with E-state index in [0.717, 1.165) is 17.5 Å². The molecule has 1 fully saturated rings. The number of nitrogens with zero attached hydrogens (tertiary/aromatic N) is 1. The summed E-state index contributed by atoms with van der Waals surface area (Å²) in [6, 6.07) is 11.9. The van der Waals surface area contributed by atoms with E-state index < -0.39 is 0 Å². The summed E-state index contributed by atoms with van der Waals surface area (Å²) >= 11 is 0. The number of carbonyl (C=O) groups excluding carboxylic acids is 1. The van der Waals surface area contributed by atoms with Gasteiger partial charge in [-0.2, -0.15) is 0 Å². The third kappa shape index (κ3) is 3.21. The van der Waals surface area contributed by atoms with E-state index in [2.05, 4.69) is 10.3 Å². The molecule has 3 aromatic rings. The number of carbonyl (C=O) groups is 1. The fourth-order valence-corrected chi connectivity index (χ4v) is 3.12. The molecule has 134 valence electrons. The van der Waals surface area contributed by atoms with Crippen LogP contribution in [0.15, 0.2) is 46.9 Å². The molecule has 1 aromatic heterocycles. The number of halogens is 1. The second-order valence-corrected chi connectivity index (χ2v) is 7.94. The van der Waals surface area contributed by atoms with Crippen molar-refractivity contribution in [2.24, 2.45) is 5.92 Å². The van der Waals surface area contributed by atoms with Crippen molar-refractivity contribution in [1.82, 2.24) is 4.98 Å². The molecule has 0 saturated heterocycles. The molecule has 2 unspecified atom stereocenters. The molecule has 26 heavy (non-hydrogen) atoms. The van der Waals surface area contributed by atoms with Gasteiger partial charge in [-0.3, -0.25) is 4.79 Å². The Labute approximate surface area is 151 Å². The molecular formula is C21H21FN2O2. The highest BCUT2D eigenvalue weighted by Crippen LogP contribution is 2.48. The van der Waals surface area contributed by atoms with Gasteiger partial charge in [0.2, 0.25) is 11.8 Å². The Morgan fingerprint density at radius 1 is 1.19 bits per heavy atom. The second kappa shape index (κ2) is 5.94. The lowest BCUT2D eigenvalue weighted by Crippen LogP contribution is -2.14. The Hall–Kier alpha value is -2.69. The molecule has 2 aromatic carbocycles. The lowest BCUT2D eigenvalue weighted by molar-refractivity contribution is -0.117. The van der Waals surface area contributed by atoms with Gasteiger partial charge < -0.3 is 9.73 Å². The maximum atomic E-state index is 13.0. The van der Waals surface area contributed by atoms with E-state index in [4.69, 9.17) is 4.42 Å². The highest BCUT2D eigenvalue weighted by molar-refractivity contribution is 5.96. The van der Waals surface area contributed by atoms with Gasteiger partial charge in [0.05, 0.1) is 0 Å². The normalized spacial score (nSPS) is 19.5. The number of anilines is 1. The first-order valence-corrected chi connectivity index (χ1v) is 8.79. The van der Waals surface area contributed by atoms with Crippen LogP contribution in [0.2, 0.25) is 0 Å².